The number of halogens is 1. The lowest BCUT2D eigenvalue weighted by molar-refractivity contribution is 0.0935. The average molecular weight is 425 g/mol. The lowest BCUT2D eigenvalue weighted by atomic mass is 10.1. The molecule has 0 aliphatic heterocycles. The van der Waals surface area contributed by atoms with Gasteiger partial charge in [0.25, 0.3) is 0 Å². The summed E-state index contributed by atoms with van der Waals surface area (Å²) in [5.41, 5.74) is 4.43. The van der Waals surface area contributed by atoms with Gasteiger partial charge in [0.05, 0.1) is 23.9 Å². The van der Waals surface area contributed by atoms with E-state index in [0.29, 0.717) is 6.54 Å². The van der Waals surface area contributed by atoms with Crippen LogP contribution < -0.4 is 4.74 Å². The van der Waals surface area contributed by atoms with Gasteiger partial charge in [-0.25, -0.2) is 4.98 Å². The fourth-order valence-electron chi connectivity index (χ4n) is 3.22. The molecule has 0 aliphatic rings. The van der Waals surface area contributed by atoms with Crippen LogP contribution in [0, 0.1) is 13.8 Å². The van der Waals surface area contributed by atoms with Crippen molar-refractivity contribution < 1.29 is 9.84 Å². The van der Waals surface area contributed by atoms with Crippen LogP contribution >= 0.6 is 15.9 Å². The zero-order chi connectivity index (χ0) is 19.0. The van der Waals surface area contributed by atoms with Gasteiger partial charge in [-0.2, -0.15) is 0 Å². The second-order valence-corrected chi connectivity index (χ2v) is 7.86. The third-order valence-corrected chi connectivity index (χ3v) is 5.35. The van der Waals surface area contributed by atoms with Gasteiger partial charge in [0.15, 0.2) is 0 Å². The number of aliphatic hydroxyl groups is 1. The molecule has 1 aromatic heterocycles. The van der Waals surface area contributed by atoms with E-state index in [9.17, 15) is 5.11 Å². The molecule has 0 fully saturated rings. The Kier molecular flexibility index (Phi) is 4.89. The Morgan fingerprint density at radius 2 is 1.78 bits per heavy atom. The number of fused-ring (bicyclic) bond motifs is 2. The van der Waals surface area contributed by atoms with Gasteiger partial charge in [-0.1, -0.05) is 28.1 Å². The summed E-state index contributed by atoms with van der Waals surface area (Å²) in [5.74, 6) is 0.755. The molecule has 0 unspecified atom stereocenters. The maximum absolute atomic E-state index is 10.4. The number of hydrogen-bond donors (Lipinski definition) is 1. The third kappa shape index (κ3) is 3.84. The van der Waals surface area contributed by atoms with Crippen LogP contribution in [0.1, 0.15) is 11.1 Å². The molecule has 0 saturated heterocycles. The van der Waals surface area contributed by atoms with Gasteiger partial charge >= 0.3 is 0 Å². The van der Waals surface area contributed by atoms with Gasteiger partial charge < -0.3 is 14.4 Å². The Labute approximate surface area is 166 Å². The van der Waals surface area contributed by atoms with Crippen molar-refractivity contribution in [3.05, 3.63) is 70.5 Å². The second-order valence-electron chi connectivity index (χ2n) is 6.94. The first-order valence-corrected chi connectivity index (χ1v) is 9.71. The van der Waals surface area contributed by atoms with E-state index in [4.69, 9.17) is 4.74 Å². The number of aryl methyl sites for hydroxylation is 2. The molecule has 1 N–H and O–H groups in total. The Morgan fingerprint density at radius 1 is 1.04 bits per heavy atom. The van der Waals surface area contributed by atoms with E-state index in [1.54, 1.807) is 6.33 Å². The zero-order valence-corrected chi connectivity index (χ0v) is 16.9. The second kappa shape index (κ2) is 7.33. The first kappa shape index (κ1) is 18.0. The molecule has 0 bridgehead atoms. The minimum atomic E-state index is -0.621. The summed E-state index contributed by atoms with van der Waals surface area (Å²) in [6.07, 6.45) is 1.16. The van der Waals surface area contributed by atoms with Crippen molar-refractivity contribution in [3.63, 3.8) is 0 Å². The van der Waals surface area contributed by atoms with Gasteiger partial charge in [0.2, 0.25) is 0 Å². The maximum atomic E-state index is 10.4. The van der Waals surface area contributed by atoms with E-state index in [1.807, 2.05) is 34.9 Å². The number of imidazole rings is 1. The number of ether oxygens (including phenoxy) is 1. The number of benzene rings is 3. The highest BCUT2D eigenvalue weighted by molar-refractivity contribution is 9.10. The van der Waals surface area contributed by atoms with Crippen LogP contribution in [0.25, 0.3) is 21.8 Å². The van der Waals surface area contributed by atoms with Gasteiger partial charge in [0, 0.05) is 4.47 Å². The minimum absolute atomic E-state index is 0.229. The number of aliphatic hydroxyl groups excluding tert-OH is 1. The van der Waals surface area contributed by atoms with E-state index >= 15 is 0 Å². The van der Waals surface area contributed by atoms with Crippen LogP contribution in [0.2, 0.25) is 0 Å². The lowest BCUT2D eigenvalue weighted by Crippen LogP contribution is -2.23. The minimum Gasteiger partial charge on any atom is -0.491 e. The van der Waals surface area contributed by atoms with E-state index < -0.39 is 6.10 Å². The third-order valence-electron chi connectivity index (χ3n) is 4.86. The monoisotopic (exact) mass is 424 g/mol. The molecular weight excluding hydrogens is 404 g/mol. The standard InChI is InChI=1S/C22H21BrN2O2/c1-14-7-21-22(8-15(14)2)25(13-24-21)11-19(26)12-27-20-6-4-16-9-18(23)5-3-17(16)10-20/h3-10,13,19,26H,11-12H2,1-2H3/t19-/m1/s1. The first-order valence-electron chi connectivity index (χ1n) is 8.92. The zero-order valence-electron chi connectivity index (χ0n) is 15.3. The lowest BCUT2D eigenvalue weighted by Gasteiger charge is -2.14. The molecule has 0 amide bonds. The average Bonchev–Trinajstić information content (AvgIpc) is 3.02. The first-order chi connectivity index (χ1) is 13.0. The van der Waals surface area contributed by atoms with Crippen molar-refractivity contribution in [2.24, 2.45) is 0 Å². The predicted octanol–water partition coefficient (Wildman–Crippen LogP) is 5.01. The molecule has 5 heteroatoms. The summed E-state index contributed by atoms with van der Waals surface area (Å²) < 4.78 is 8.85. The summed E-state index contributed by atoms with van der Waals surface area (Å²) >= 11 is 3.48. The van der Waals surface area contributed by atoms with Crippen LogP contribution in [-0.2, 0) is 6.54 Å². The molecule has 3 aromatic carbocycles. The van der Waals surface area contributed by atoms with Gasteiger partial charge in [-0.3, -0.25) is 0 Å². The molecule has 0 aliphatic carbocycles. The van der Waals surface area contributed by atoms with Crippen LogP contribution in [0.15, 0.2) is 59.3 Å². The molecule has 138 valence electrons. The van der Waals surface area contributed by atoms with Crippen molar-refractivity contribution in [2.45, 2.75) is 26.5 Å². The number of aromatic nitrogens is 2. The maximum Gasteiger partial charge on any atom is 0.120 e. The van der Waals surface area contributed by atoms with Crippen molar-refractivity contribution in [2.75, 3.05) is 6.61 Å². The molecule has 27 heavy (non-hydrogen) atoms. The summed E-state index contributed by atoms with van der Waals surface area (Å²) in [6.45, 7) is 4.84. The predicted molar refractivity (Wildman–Crippen MR) is 112 cm³/mol. The van der Waals surface area contributed by atoms with Crippen molar-refractivity contribution in [1.82, 2.24) is 9.55 Å². The summed E-state index contributed by atoms with van der Waals surface area (Å²) in [5, 5.41) is 12.7. The van der Waals surface area contributed by atoms with Crippen LogP contribution in [0.5, 0.6) is 5.75 Å². The summed E-state index contributed by atoms with van der Waals surface area (Å²) in [7, 11) is 0. The normalized spacial score (nSPS) is 12.6. The molecule has 0 radical (unpaired) electrons. The van der Waals surface area contributed by atoms with Crippen molar-refractivity contribution in [3.8, 4) is 5.75 Å². The highest BCUT2D eigenvalue weighted by Crippen LogP contribution is 2.24. The number of hydrogen-bond acceptors (Lipinski definition) is 3. The van der Waals surface area contributed by atoms with E-state index in [0.717, 1.165) is 32.0 Å². The Morgan fingerprint density at radius 3 is 2.63 bits per heavy atom. The van der Waals surface area contributed by atoms with E-state index in [1.165, 1.54) is 11.1 Å². The van der Waals surface area contributed by atoms with E-state index in [-0.39, 0.29) is 6.61 Å². The highest BCUT2D eigenvalue weighted by atomic mass is 79.9. The highest BCUT2D eigenvalue weighted by Gasteiger charge is 2.11. The number of rotatable bonds is 5. The number of nitrogens with zero attached hydrogens (tertiary/aromatic N) is 2. The molecule has 1 heterocycles. The summed E-state index contributed by atoms with van der Waals surface area (Å²) in [6, 6.07) is 16.3. The van der Waals surface area contributed by atoms with Gasteiger partial charge in [-0.05, 0) is 72.1 Å². The fraction of sp³-hybridized carbons (Fsp3) is 0.227. The molecular formula is C22H21BrN2O2. The molecule has 0 saturated carbocycles. The molecule has 4 rings (SSSR count). The summed E-state index contributed by atoms with van der Waals surface area (Å²) in [4.78, 5) is 4.44. The van der Waals surface area contributed by atoms with Gasteiger partial charge in [-0.15, -0.1) is 0 Å². The van der Waals surface area contributed by atoms with Crippen LogP contribution in [0.4, 0.5) is 0 Å². The topological polar surface area (TPSA) is 47.3 Å². The van der Waals surface area contributed by atoms with E-state index in [2.05, 4.69) is 53.0 Å². The molecule has 4 aromatic rings. The fourth-order valence-corrected chi connectivity index (χ4v) is 3.59. The van der Waals surface area contributed by atoms with Gasteiger partial charge in [0.1, 0.15) is 18.5 Å². The SMILES string of the molecule is Cc1cc2ncn(C[C@@H](O)COc3ccc4cc(Br)ccc4c3)c2cc1C. The Hall–Kier alpha value is -2.37. The smallest absolute Gasteiger partial charge is 0.120 e. The van der Waals surface area contributed by atoms with Crippen LogP contribution in [-0.4, -0.2) is 27.4 Å². The Bertz CT molecular complexity index is 1120. The van der Waals surface area contributed by atoms with Crippen LogP contribution in [0.3, 0.4) is 0 Å². The quantitative estimate of drug-likeness (QED) is 0.489. The van der Waals surface area contributed by atoms with Crippen molar-refractivity contribution in [1.29, 1.82) is 0 Å². The Balaban J connectivity index is 1.45. The molecule has 0 spiro atoms. The van der Waals surface area contributed by atoms with Crippen molar-refractivity contribution >= 4 is 37.7 Å². The molecule has 4 nitrogen and oxygen atoms in total. The largest absolute Gasteiger partial charge is 0.491 e. The molecule has 1 atom stereocenters.